The highest BCUT2D eigenvalue weighted by molar-refractivity contribution is 8.13. The number of hydrogen-bond acceptors (Lipinski definition) is 4. The van der Waals surface area contributed by atoms with E-state index in [-0.39, 0.29) is 16.1 Å². The van der Waals surface area contributed by atoms with Gasteiger partial charge in [0, 0.05) is 16.5 Å². The van der Waals surface area contributed by atoms with E-state index in [0.29, 0.717) is 22.9 Å². The third kappa shape index (κ3) is 9.21. The average Bonchev–Trinajstić information content (AvgIpc) is 2.89. The second-order valence-electron chi connectivity index (χ2n) is 6.95. The molecule has 0 aromatic carbocycles. The summed E-state index contributed by atoms with van der Waals surface area (Å²) < 4.78 is 14.0. The van der Waals surface area contributed by atoms with Crippen LogP contribution in [0, 0.1) is 0 Å². The van der Waals surface area contributed by atoms with E-state index in [0.717, 1.165) is 23.8 Å². The third-order valence-electron chi connectivity index (χ3n) is 4.73. The van der Waals surface area contributed by atoms with Crippen LogP contribution in [0.15, 0.2) is 75.2 Å². The first kappa shape index (κ1) is 29.9. The Kier molecular flexibility index (Phi) is 14.0. The number of amidine groups is 1. The molecule has 0 saturated heterocycles. The maximum atomic E-state index is 14.0. The molecule has 1 aliphatic carbocycles. The first-order chi connectivity index (χ1) is 15.1. The van der Waals surface area contributed by atoms with Crippen LogP contribution in [0.25, 0.3) is 0 Å². The minimum absolute atomic E-state index is 0.0781. The summed E-state index contributed by atoms with van der Waals surface area (Å²) in [6.45, 7) is 17.5. The molecule has 0 radical (unpaired) electrons. The van der Waals surface area contributed by atoms with Gasteiger partial charge in [0.25, 0.3) is 5.91 Å². The van der Waals surface area contributed by atoms with E-state index in [1.54, 1.807) is 36.9 Å². The summed E-state index contributed by atoms with van der Waals surface area (Å²) in [6.07, 6.45) is 9.43. The van der Waals surface area contributed by atoms with Crippen molar-refractivity contribution in [1.82, 2.24) is 5.32 Å². The lowest BCUT2D eigenvalue weighted by atomic mass is 9.90. The van der Waals surface area contributed by atoms with Gasteiger partial charge in [-0.3, -0.25) is 9.79 Å². The van der Waals surface area contributed by atoms with Crippen molar-refractivity contribution in [3.63, 3.8) is 0 Å². The van der Waals surface area contributed by atoms with Gasteiger partial charge in [-0.15, -0.1) is 0 Å². The average molecular weight is 482 g/mol. The van der Waals surface area contributed by atoms with Crippen molar-refractivity contribution in [3.05, 3.63) is 70.2 Å². The molecule has 32 heavy (non-hydrogen) atoms. The van der Waals surface area contributed by atoms with Crippen LogP contribution < -0.4 is 11.1 Å². The molecule has 0 saturated carbocycles. The Labute approximate surface area is 202 Å². The molecule has 1 aliphatic heterocycles. The lowest BCUT2D eigenvalue weighted by Gasteiger charge is -2.30. The highest BCUT2D eigenvalue weighted by atomic mass is 35.5. The summed E-state index contributed by atoms with van der Waals surface area (Å²) in [4.78, 5) is 17.0. The zero-order chi connectivity index (χ0) is 24.9. The van der Waals surface area contributed by atoms with Gasteiger partial charge in [-0.05, 0) is 56.9 Å². The predicted molar refractivity (Wildman–Crippen MR) is 140 cm³/mol. The minimum atomic E-state index is -0.505. The molecular formula is C25H37ClFN3OS. The number of halogens is 2. The van der Waals surface area contributed by atoms with E-state index < -0.39 is 11.7 Å². The van der Waals surface area contributed by atoms with E-state index in [1.165, 1.54) is 0 Å². The Balaban J connectivity index is 0.00000227. The molecule has 2 aliphatic rings. The predicted octanol–water partition coefficient (Wildman–Crippen LogP) is 7.08. The van der Waals surface area contributed by atoms with E-state index in [1.807, 2.05) is 47.6 Å². The lowest BCUT2D eigenvalue weighted by Crippen LogP contribution is -2.31. The van der Waals surface area contributed by atoms with Crippen molar-refractivity contribution in [3.8, 4) is 0 Å². The molecule has 0 fully saturated rings. The maximum Gasteiger partial charge on any atom is 0.257 e. The smallest absolute Gasteiger partial charge is 0.257 e. The summed E-state index contributed by atoms with van der Waals surface area (Å²) in [5, 5.41) is 3.45. The number of nitrogens with two attached hydrogens (primary N) is 1. The van der Waals surface area contributed by atoms with Crippen LogP contribution in [-0.2, 0) is 4.79 Å². The number of rotatable bonds is 5. The second kappa shape index (κ2) is 14.9. The summed E-state index contributed by atoms with van der Waals surface area (Å²) in [5.74, 6) is -0.0252. The molecule has 0 bridgehead atoms. The van der Waals surface area contributed by atoms with E-state index in [4.69, 9.17) is 17.3 Å². The Morgan fingerprint density at radius 3 is 2.59 bits per heavy atom. The second-order valence-corrected chi connectivity index (χ2v) is 8.48. The molecule has 0 aromatic rings. The molecule has 2 rings (SSSR count). The highest BCUT2D eigenvalue weighted by Crippen LogP contribution is 2.31. The number of amides is 1. The van der Waals surface area contributed by atoms with Gasteiger partial charge >= 0.3 is 0 Å². The summed E-state index contributed by atoms with van der Waals surface area (Å²) in [6, 6.07) is 0. The zero-order valence-electron chi connectivity index (χ0n) is 20.3. The number of allylic oxidation sites excluding steroid dienone is 7. The van der Waals surface area contributed by atoms with Gasteiger partial charge < -0.3 is 11.1 Å². The molecule has 1 heterocycles. The van der Waals surface area contributed by atoms with Crippen molar-refractivity contribution < 1.29 is 9.18 Å². The molecule has 0 aromatic heterocycles. The number of thioether (sulfide) groups is 1. The van der Waals surface area contributed by atoms with Crippen LogP contribution in [0.3, 0.4) is 0 Å². The van der Waals surface area contributed by atoms with Gasteiger partial charge in [-0.25, -0.2) is 4.39 Å². The fourth-order valence-electron chi connectivity index (χ4n) is 2.66. The van der Waals surface area contributed by atoms with Crippen LogP contribution in [0.4, 0.5) is 4.39 Å². The van der Waals surface area contributed by atoms with Gasteiger partial charge in [0.15, 0.2) is 5.17 Å². The quantitative estimate of drug-likeness (QED) is 0.412. The van der Waals surface area contributed by atoms with Gasteiger partial charge in [-0.2, -0.15) is 0 Å². The highest BCUT2D eigenvalue weighted by Gasteiger charge is 2.28. The molecule has 1 atom stereocenters. The van der Waals surface area contributed by atoms with Crippen molar-refractivity contribution in [2.75, 3.05) is 5.75 Å². The monoisotopic (exact) mass is 481 g/mol. The van der Waals surface area contributed by atoms with Crippen LogP contribution in [-0.4, -0.2) is 22.4 Å². The van der Waals surface area contributed by atoms with Gasteiger partial charge in [0.1, 0.15) is 5.83 Å². The minimum Gasteiger partial charge on any atom is -0.379 e. The number of nitrogens with zero attached hydrogens (tertiary/aromatic N) is 1. The molecule has 1 unspecified atom stereocenters. The molecule has 178 valence electrons. The molecule has 7 heteroatoms. The maximum absolute atomic E-state index is 14.0. The van der Waals surface area contributed by atoms with Crippen molar-refractivity contribution >= 4 is 34.4 Å². The van der Waals surface area contributed by atoms with Crippen LogP contribution >= 0.6 is 23.4 Å². The first-order valence-electron chi connectivity index (χ1n) is 10.9. The Bertz CT molecular complexity index is 868. The Morgan fingerprint density at radius 2 is 2.00 bits per heavy atom. The number of nitrogens with one attached hydrogen (secondary N) is 1. The molecule has 3 N–H and O–H groups in total. The lowest BCUT2D eigenvalue weighted by molar-refractivity contribution is -0.116. The summed E-state index contributed by atoms with van der Waals surface area (Å²) >= 11 is 7.67. The van der Waals surface area contributed by atoms with Crippen LogP contribution in [0.2, 0.25) is 0 Å². The SMILES string of the molecule is C=C(/C=C\C=C(/C)C1(C)CCSC(N)=N1)NC(=O)C1=CC(F)=C(C)CC=C1Cl.CC.CC. The van der Waals surface area contributed by atoms with Crippen LogP contribution in [0.1, 0.15) is 61.3 Å². The van der Waals surface area contributed by atoms with E-state index in [2.05, 4.69) is 16.9 Å². The fraction of sp³-hybridized carbons (Fsp3) is 0.440. The van der Waals surface area contributed by atoms with Gasteiger partial charge in [0.05, 0.1) is 11.1 Å². The summed E-state index contributed by atoms with van der Waals surface area (Å²) in [5.41, 5.74) is 7.56. The first-order valence-corrected chi connectivity index (χ1v) is 12.3. The van der Waals surface area contributed by atoms with Gasteiger partial charge in [0.2, 0.25) is 0 Å². The van der Waals surface area contributed by atoms with E-state index >= 15 is 0 Å². The largest absolute Gasteiger partial charge is 0.379 e. The van der Waals surface area contributed by atoms with Gasteiger partial charge in [-0.1, -0.05) is 75.9 Å². The third-order valence-corrected chi connectivity index (χ3v) is 5.88. The van der Waals surface area contributed by atoms with Crippen LogP contribution in [0.5, 0.6) is 0 Å². The molecule has 0 spiro atoms. The molecule has 1 amide bonds. The summed E-state index contributed by atoms with van der Waals surface area (Å²) in [7, 11) is 0. The van der Waals surface area contributed by atoms with Crippen molar-refractivity contribution in [2.24, 2.45) is 10.7 Å². The van der Waals surface area contributed by atoms with Crippen molar-refractivity contribution in [1.29, 1.82) is 0 Å². The Hall–Kier alpha value is -2.05. The number of aliphatic imine (C=N–C) groups is 1. The molecule has 4 nitrogen and oxygen atoms in total. The number of carbonyl (C=O) groups excluding carboxylic acids is 1. The Morgan fingerprint density at radius 1 is 1.38 bits per heavy atom. The number of carbonyl (C=O) groups is 1. The fourth-order valence-corrected chi connectivity index (χ4v) is 3.85. The normalized spacial score (nSPS) is 21.2. The number of hydrogen-bond donors (Lipinski definition) is 2. The standard InChI is InChI=1S/C21H25ClFN3OS.2C2H6/c1-13-8-9-17(22)16(12-18(13)23)19(27)25-15(3)7-5-6-14(2)21(4)10-11-28-20(24)26-21;2*1-2/h5-7,9,12H,3,8,10-11H2,1-2,4H3,(H2,24,26)(H,25,27);2*1-2H3/b7-5-,14-6+;;. The van der Waals surface area contributed by atoms with Crippen molar-refractivity contribution in [2.45, 2.75) is 66.8 Å². The topological polar surface area (TPSA) is 67.5 Å². The van der Waals surface area contributed by atoms with E-state index in [9.17, 15) is 9.18 Å². The zero-order valence-corrected chi connectivity index (χ0v) is 21.9. The molecular weight excluding hydrogens is 445 g/mol.